The topological polar surface area (TPSA) is 51.8 Å². The molecular weight excluding hydrogens is 805 g/mol. The molecule has 0 fully saturated rings. The fraction of sp³-hybridized carbons (Fsp3) is 0.0167. The standard InChI is InChI=1S/C60H40N6/c1-5-15-43(16-6-1)60(44-17-7-2-8-18-44)54-24-14-13-23-50(54)51-33-30-49(38-55(51)60)65(47-28-25-42(26-29-47)59-62-39-61-40-63-59)48-31-34-56-53(37-48)52-32-27-41-35-36-64(45-19-9-3-10-20-45)57(41)58(52)66(56)46-21-11-4-12-22-46/h1-40H. The van der Waals surface area contributed by atoms with E-state index in [4.69, 9.17) is 0 Å². The first-order valence-electron chi connectivity index (χ1n) is 22.3. The van der Waals surface area contributed by atoms with Crippen LogP contribution in [0.5, 0.6) is 0 Å². The summed E-state index contributed by atoms with van der Waals surface area (Å²) in [6, 6.07) is 81.7. The molecule has 0 N–H and O–H groups in total. The smallest absolute Gasteiger partial charge is 0.162 e. The summed E-state index contributed by atoms with van der Waals surface area (Å²) in [4.78, 5) is 15.4. The van der Waals surface area contributed by atoms with Crippen LogP contribution in [0, 0.1) is 0 Å². The third-order valence-electron chi connectivity index (χ3n) is 13.4. The molecule has 13 rings (SSSR count). The molecule has 0 spiro atoms. The molecule has 3 heterocycles. The van der Waals surface area contributed by atoms with Gasteiger partial charge < -0.3 is 14.0 Å². The molecular formula is C60H40N6. The van der Waals surface area contributed by atoms with Gasteiger partial charge in [-0.2, -0.15) is 0 Å². The first-order valence-corrected chi connectivity index (χ1v) is 22.3. The van der Waals surface area contributed by atoms with Crippen molar-refractivity contribution in [2.75, 3.05) is 4.90 Å². The lowest BCUT2D eigenvalue weighted by atomic mass is 9.67. The van der Waals surface area contributed by atoms with E-state index in [0.29, 0.717) is 5.82 Å². The molecule has 310 valence electrons. The van der Waals surface area contributed by atoms with Crippen LogP contribution < -0.4 is 4.90 Å². The zero-order chi connectivity index (χ0) is 43.6. The lowest BCUT2D eigenvalue weighted by molar-refractivity contribution is 0.768. The number of rotatable bonds is 8. The second-order valence-corrected chi connectivity index (χ2v) is 16.9. The molecule has 0 saturated carbocycles. The molecule has 0 amide bonds. The van der Waals surface area contributed by atoms with Gasteiger partial charge in [0.05, 0.1) is 22.0 Å². The lowest BCUT2D eigenvalue weighted by Gasteiger charge is -2.35. The van der Waals surface area contributed by atoms with Crippen LogP contribution in [-0.2, 0) is 5.41 Å². The maximum absolute atomic E-state index is 4.47. The minimum absolute atomic E-state index is 0.551. The summed E-state index contributed by atoms with van der Waals surface area (Å²) in [5.41, 5.74) is 16.7. The Bertz CT molecular complexity index is 3690. The number of fused-ring (bicyclic) bond motifs is 8. The summed E-state index contributed by atoms with van der Waals surface area (Å²) in [7, 11) is 0. The van der Waals surface area contributed by atoms with E-state index in [9.17, 15) is 0 Å². The van der Waals surface area contributed by atoms with Crippen molar-refractivity contribution in [2.24, 2.45) is 0 Å². The van der Waals surface area contributed by atoms with Gasteiger partial charge in [-0.05, 0) is 118 Å². The highest BCUT2D eigenvalue weighted by Gasteiger charge is 2.46. The summed E-state index contributed by atoms with van der Waals surface area (Å²) >= 11 is 0. The third kappa shape index (κ3) is 5.71. The highest BCUT2D eigenvalue weighted by molar-refractivity contribution is 6.19. The summed E-state index contributed by atoms with van der Waals surface area (Å²) in [5.74, 6) is 0.635. The van der Waals surface area contributed by atoms with E-state index >= 15 is 0 Å². The highest BCUT2D eigenvalue weighted by Crippen LogP contribution is 2.57. The molecule has 0 unspecified atom stereocenters. The number of anilines is 3. The Balaban J connectivity index is 1.08. The van der Waals surface area contributed by atoms with Crippen LogP contribution in [0.15, 0.2) is 243 Å². The van der Waals surface area contributed by atoms with E-state index in [1.54, 1.807) is 12.7 Å². The summed E-state index contributed by atoms with van der Waals surface area (Å²) in [5, 5.41) is 3.53. The van der Waals surface area contributed by atoms with Gasteiger partial charge in [0.2, 0.25) is 0 Å². The van der Waals surface area contributed by atoms with Crippen LogP contribution in [0.25, 0.3) is 66.6 Å². The fourth-order valence-electron chi connectivity index (χ4n) is 10.7. The summed E-state index contributed by atoms with van der Waals surface area (Å²) in [6.45, 7) is 0. The second-order valence-electron chi connectivity index (χ2n) is 16.9. The monoisotopic (exact) mass is 844 g/mol. The van der Waals surface area contributed by atoms with Crippen molar-refractivity contribution >= 4 is 49.8 Å². The Morgan fingerprint density at radius 3 is 1.73 bits per heavy atom. The second kappa shape index (κ2) is 15.1. The van der Waals surface area contributed by atoms with E-state index < -0.39 is 5.41 Å². The Labute approximate surface area is 382 Å². The highest BCUT2D eigenvalue weighted by atomic mass is 15.1. The molecule has 12 aromatic rings. The van der Waals surface area contributed by atoms with Crippen molar-refractivity contribution < 1.29 is 0 Å². The van der Waals surface area contributed by atoms with Gasteiger partial charge in [0.25, 0.3) is 0 Å². The van der Waals surface area contributed by atoms with Gasteiger partial charge in [0.1, 0.15) is 12.7 Å². The van der Waals surface area contributed by atoms with E-state index in [0.717, 1.165) is 44.9 Å². The summed E-state index contributed by atoms with van der Waals surface area (Å²) in [6.07, 6.45) is 5.28. The quantitative estimate of drug-likeness (QED) is 0.153. The van der Waals surface area contributed by atoms with Crippen LogP contribution in [0.3, 0.4) is 0 Å². The first kappa shape index (κ1) is 37.7. The minimum atomic E-state index is -0.551. The molecule has 0 radical (unpaired) electrons. The molecule has 66 heavy (non-hydrogen) atoms. The van der Waals surface area contributed by atoms with Crippen molar-refractivity contribution in [1.29, 1.82) is 0 Å². The van der Waals surface area contributed by atoms with Crippen LogP contribution >= 0.6 is 0 Å². The Hall–Kier alpha value is -8.87. The number of benzene rings is 9. The maximum atomic E-state index is 4.47. The third-order valence-corrected chi connectivity index (χ3v) is 13.4. The van der Waals surface area contributed by atoms with Gasteiger partial charge in [0, 0.05) is 56.4 Å². The van der Waals surface area contributed by atoms with Crippen LogP contribution in [0.1, 0.15) is 22.3 Å². The predicted molar refractivity (Wildman–Crippen MR) is 268 cm³/mol. The molecule has 0 saturated heterocycles. The zero-order valence-corrected chi connectivity index (χ0v) is 35.8. The Morgan fingerprint density at radius 1 is 0.424 bits per heavy atom. The van der Waals surface area contributed by atoms with Gasteiger partial charge in [-0.15, -0.1) is 0 Å². The fourth-order valence-corrected chi connectivity index (χ4v) is 10.7. The van der Waals surface area contributed by atoms with Gasteiger partial charge in [-0.3, -0.25) is 0 Å². The van der Waals surface area contributed by atoms with Crippen molar-refractivity contribution in [1.82, 2.24) is 24.1 Å². The van der Waals surface area contributed by atoms with Crippen molar-refractivity contribution in [3.63, 3.8) is 0 Å². The average molecular weight is 845 g/mol. The van der Waals surface area contributed by atoms with E-state index in [1.165, 1.54) is 55.2 Å². The first-order chi connectivity index (χ1) is 32.8. The number of para-hydroxylation sites is 2. The predicted octanol–water partition coefficient (Wildman–Crippen LogP) is 14.4. The molecule has 0 atom stereocenters. The molecule has 6 heteroatoms. The number of nitrogens with zero attached hydrogens (tertiary/aromatic N) is 6. The van der Waals surface area contributed by atoms with Crippen LogP contribution in [0.2, 0.25) is 0 Å². The molecule has 6 nitrogen and oxygen atoms in total. The lowest BCUT2D eigenvalue weighted by Crippen LogP contribution is -2.28. The maximum Gasteiger partial charge on any atom is 0.162 e. The van der Waals surface area contributed by atoms with E-state index in [-0.39, 0.29) is 0 Å². The largest absolute Gasteiger partial charge is 0.315 e. The van der Waals surface area contributed by atoms with Gasteiger partial charge in [-0.25, -0.2) is 15.0 Å². The molecule has 3 aromatic heterocycles. The molecule has 0 bridgehead atoms. The van der Waals surface area contributed by atoms with Gasteiger partial charge >= 0.3 is 0 Å². The Kier molecular flexibility index (Phi) is 8.64. The number of hydrogen-bond acceptors (Lipinski definition) is 4. The van der Waals surface area contributed by atoms with Crippen LogP contribution in [0.4, 0.5) is 17.1 Å². The van der Waals surface area contributed by atoms with Crippen LogP contribution in [-0.4, -0.2) is 24.1 Å². The van der Waals surface area contributed by atoms with Crippen molar-refractivity contribution in [3.05, 3.63) is 266 Å². The molecule has 9 aromatic carbocycles. The van der Waals surface area contributed by atoms with E-state index in [2.05, 4.69) is 260 Å². The van der Waals surface area contributed by atoms with Gasteiger partial charge in [-0.1, -0.05) is 140 Å². The summed E-state index contributed by atoms with van der Waals surface area (Å²) < 4.78 is 4.76. The van der Waals surface area contributed by atoms with Crippen molar-refractivity contribution in [3.8, 4) is 33.9 Å². The zero-order valence-electron chi connectivity index (χ0n) is 35.8. The Morgan fingerprint density at radius 2 is 1.02 bits per heavy atom. The number of hydrogen-bond donors (Lipinski definition) is 0. The van der Waals surface area contributed by atoms with E-state index in [1.807, 2.05) is 0 Å². The number of aromatic nitrogens is 5. The molecule has 0 aliphatic heterocycles. The molecule has 1 aliphatic rings. The average Bonchev–Trinajstić information content (AvgIpc) is 4.07. The normalized spacial score (nSPS) is 12.7. The van der Waals surface area contributed by atoms with Crippen molar-refractivity contribution in [2.45, 2.75) is 5.41 Å². The SMILES string of the molecule is c1ccc(-n2ccc3ccc4c5cc(N(c6ccc(-c7ncncn7)cc6)c6ccc7c(c6)C(c6ccccc6)(c6ccccc6)c6ccccc6-7)ccc5n(-c5ccccc5)c4c32)cc1. The van der Waals surface area contributed by atoms with Gasteiger partial charge in [0.15, 0.2) is 5.82 Å². The molecule has 1 aliphatic carbocycles. The minimum Gasteiger partial charge on any atom is -0.315 e.